The van der Waals surface area contributed by atoms with Crippen LogP contribution in [0.4, 0.5) is 23.4 Å². The van der Waals surface area contributed by atoms with E-state index in [0.717, 1.165) is 19.0 Å². The maximum Gasteiger partial charge on any atom is 0.333 e. The van der Waals surface area contributed by atoms with Crippen molar-refractivity contribution >= 4 is 29.0 Å². The van der Waals surface area contributed by atoms with Crippen LogP contribution in [0.15, 0.2) is 30.6 Å². The van der Waals surface area contributed by atoms with Crippen LogP contribution < -0.4 is 10.6 Å². The zero-order chi connectivity index (χ0) is 22.1. The van der Waals surface area contributed by atoms with Crippen molar-refractivity contribution in [1.29, 1.82) is 0 Å². The second kappa shape index (κ2) is 8.74. The van der Waals surface area contributed by atoms with Gasteiger partial charge >= 0.3 is 6.55 Å². The third-order valence-electron chi connectivity index (χ3n) is 5.28. The summed E-state index contributed by atoms with van der Waals surface area (Å²) in [7, 11) is 0. The zero-order valence-corrected chi connectivity index (χ0v) is 16.9. The van der Waals surface area contributed by atoms with Gasteiger partial charge in [0.2, 0.25) is 0 Å². The number of nitrogens with one attached hydrogen (secondary N) is 2. The molecule has 166 valence electrons. The van der Waals surface area contributed by atoms with E-state index in [4.69, 9.17) is 11.6 Å². The summed E-state index contributed by atoms with van der Waals surface area (Å²) in [5, 5.41) is 9.32. The van der Waals surface area contributed by atoms with Crippen molar-refractivity contribution in [1.82, 2.24) is 24.5 Å². The first-order valence-electron chi connectivity index (χ1n) is 9.68. The first-order chi connectivity index (χ1) is 14.8. The number of hydrogen-bond donors (Lipinski definition) is 2. The summed E-state index contributed by atoms with van der Waals surface area (Å²) in [6.45, 7) is -2.88. The Morgan fingerprint density at radius 1 is 1.10 bits per heavy atom. The molecule has 3 aromatic rings. The summed E-state index contributed by atoms with van der Waals surface area (Å²) in [4.78, 5) is 16.3. The van der Waals surface area contributed by atoms with Gasteiger partial charge in [0.1, 0.15) is 17.2 Å². The van der Waals surface area contributed by atoms with Gasteiger partial charge in [0.15, 0.2) is 5.15 Å². The monoisotopic (exact) mass is 458 g/mol. The van der Waals surface area contributed by atoms with Crippen LogP contribution in [0.25, 0.3) is 5.65 Å². The molecule has 1 amide bonds. The number of fused-ring (bicyclic) bond motifs is 1. The summed E-state index contributed by atoms with van der Waals surface area (Å²) in [6, 6.07) is 5.15. The molecule has 0 radical (unpaired) electrons. The number of carbonyl (C=O) groups is 1. The number of hydrogen-bond acceptors (Lipinski definition) is 4. The SMILES string of the molecule is O=C(N[C@H]1CC[C@@H](Nc2cccc3nc(C(F)F)cn23)CC1)c1cn(C(F)F)nc1Cl. The average Bonchev–Trinajstić information content (AvgIpc) is 3.34. The maximum atomic E-state index is 12.9. The Morgan fingerprint density at radius 3 is 2.45 bits per heavy atom. The molecule has 1 saturated carbocycles. The van der Waals surface area contributed by atoms with E-state index in [1.165, 1.54) is 6.20 Å². The second-order valence-electron chi connectivity index (χ2n) is 7.36. The fraction of sp³-hybridized carbons (Fsp3) is 0.421. The smallest absolute Gasteiger partial charge is 0.333 e. The number of carbonyl (C=O) groups excluding carboxylic acids is 1. The first-order valence-corrected chi connectivity index (χ1v) is 10.1. The van der Waals surface area contributed by atoms with Crippen LogP contribution >= 0.6 is 11.6 Å². The van der Waals surface area contributed by atoms with Crippen LogP contribution in [0.2, 0.25) is 5.15 Å². The molecule has 3 heterocycles. The van der Waals surface area contributed by atoms with E-state index < -0.39 is 18.9 Å². The summed E-state index contributed by atoms with van der Waals surface area (Å²) < 4.78 is 53.2. The topological polar surface area (TPSA) is 76.2 Å². The van der Waals surface area contributed by atoms with Gasteiger partial charge in [-0.2, -0.15) is 13.9 Å². The van der Waals surface area contributed by atoms with Gasteiger partial charge in [-0.3, -0.25) is 9.20 Å². The molecule has 0 atom stereocenters. The van der Waals surface area contributed by atoms with E-state index in [0.29, 0.717) is 29.0 Å². The molecular weight excluding hydrogens is 440 g/mol. The highest BCUT2D eigenvalue weighted by atomic mass is 35.5. The molecule has 0 aliphatic heterocycles. The lowest BCUT2D eigenvalue weighted by molar-refractivity contribution is 0.0565. The highest BCUT2D eigenvalue weighted by Crippen LogP contribution is 2.26. The summed E-state index contributed by atoms with van der Waals surface area (Å²) in [6.07, 6.45) is 2.36. The van der Waals surface area contributed by atoms with Crippen LogP contribution in [0.5, 0.6) is 0 Å². The third-order valence-corrected chi connectivity index (χ3v) is 5.56. The van der Waals surface area contributed by atoms with Gasteiger partial charge < -0.3 is 10.6 Å². The highest BCUT2D eigenvalue weighted by molar-refractivity contribution is 6.32. The molecule has 0 aromatic carbocycles. The molecule has 1 fully saturated rings. The quantitative estimate of drug-likeness (QED) is 0.526. The van der Waals surface area contributed by atoms with Crippen LogP contribution in [0.1, 0.15) is 54.7 Å². The van der Waals surface area contributed by atoms with Crippen molar-refractivity contribution in [3.63, 3.8) is 0 Å². The lowest BCUT2D eigenvalue weighted by Crippen LogP contribution is -2.40. The van der Waals surface area contributed by atoms with E-state index in [9.17, 15) is 22.4 Å². The van der Waals surface area contributed by atoms with Crippen molar-refractivity contribution in [2.75, 3.05) is 5.32 Å². The average molecular weight is 459 g/mol. The van der Waals surface area contributed by atoms with Crippen molar-refractivity contribution in [3.05, 3.63) is 47.0 Å². The van der Waals surface area contributed by atoms with Crippen LogP contribution in [0, 0.1) is 0 Å². The lowest BCUT2D eigenvalue weighted by atomic mass is 9.91. The normalized spacial score (nSPS) is 19.3. The first kappa shape index (κ1) is 21.4. The molecule has 4 rings (SSSR count). The Balaban J connectivity index is 1.35. The van der Waals surface area contributed by atoms with Crippen LogP contribution in [-0.4, -0.2) is 37.2 Å². The molecule has 0 bridgehead atoms. The second-order valence-corrected chi connectivity index (χ2v) is 7.72. The predicted molar refractivity (Wildman–Crippen MR) is 106 cm³/mol. The van der Waals surface area contributed by atoms with Gasteiger partial charge in [0, 0.05) is 24.5 Å². The molecule has 12 heteroatoms. The zero-order valence-electron chi connectivity index (χ0n) is 16.1. The molecule has 7 nitrogen and oxygen atoms in total. The van der Waals surface area contributed by atoms with Gasteiger partial charge in [-0.15, -0.1) is 0 Å². The predicted octanol–water partition coefficient (Wildman–Crippen LogP) is 4.67. The minimum atomic E-state index is -2.88. The fourth-order valence-electron chi connectivity index (χ4n) is 3.73. The number of amides is 1. The molecule has 0 saturated heterocycles. The third kappa shape index (κ3) is 4.60. The molecule has 0 unspecified atom stereocenters. The summed E-state index contributed by atoms with van der Waals surface area (Å²) >= 11 is 5.79. The van der Waals surface area contributed by atoms with E-state index in [-0.39, 0.29) is 28.5 Å². The van der Waals surface area contributed by atoms with E-state index in [1.54, 1.807) is 22.6 Å². The molecular formula is C19H19ClF4N6O. The van der Waals surface area contributed by atoms with Crippen molar-refractivity contribution < 1.29 is 22.4 Å². The molecule has 31 heavy (non-hydrogen) atoms. The maximum absolute atomic E-state index is 12.9. The van der Waals surface area contributed by atoms with Gasteiger partial charge in [-0.05, 0) is 37.8 Å². The standard InChI is InChI=1S/C19H19ClF4N6O/c20-16-12(8-30(28-16)19(23)24)18(31)26-11-6-4-10(5-7-11)25-14-2-1-3-15-27-13(17(21)22)9-29(14)15/h1-3,8-11,17,19,25H,4-7H2,(H,26,31)/t10-,11+. The lowest BCUT2D eigenvalue weighted by Gasteiger charge is -2.30. The van der Waals surface area contributed by atoms with Crippen LogP contribution in [0.3, 0.4) is 0 Å². The van der Waals surface area contributed by atoms with E-state index >= 15 is 0 Å². The highest BCUT2D eigenvalue weighted by Gasteiger charge is 2.25. The molecule has 1 aliphatic rings. The van der Waals surface area contributed by atoms with E-state index in [2.05, 4.69) is 20.7 Å². The van der Waals surface area contributed by atoms with Gasteiger partial charge in [0.05, 0.1) is 5.56 Å². The number of rotatable bonds is 6. The minimum absolute atomic E-state index is 0.0846. The number of anilines is 1. The van der Waals surface area contributed by atoms with Gasteiger partial charge in [0.25, 0.3) is 12.3 Å². The minimum Gasteiger partial charge on any atom is -0.368 e. The Bertz CT molecular complexity index is 1080. The van der Waals surface area contributed by atoms with Gasteiger partial charge in [-0.25, -0.2) is 18.4 Å². The number of pyridine rings is 1. The number of imidazole rings is 1. The number of aromatic nitrogens is 4. The number of halogens is 5. The Kier molecular flexibility index (Phi) is 6.03. The van der Waals surface area contributed by atoms with Crippen LogP contribution in [-0.2, 0) is 0 Å². The van der Waals surface area contributed by atoms with Crippen molar-refractivity contribution in [2.45, 2.75) is 50.7 Å². The van der Waals surface area contributed by atoms with Crippen molar-refractivity contribution in [3.8, 4) is 0 Å². The van der Waals surface area contributed by atoms with Crippen molar-refractivity contribution in [2.24, 2.45) is 0 Å². The summed E-state index contributed by atoms with van der Waals surface area (Å²) in [5.74, 6) is 0.117. The molecule has 2 N–H and O–H groups in total. The fourth-order valence-corrected chi connectivity index (χ4v) is 3.95. The number of nitrogens with zero attached hydrogens (tertiary/aromatic N) is 4. The van der Waals surface area contributed by atoms with Gasteiger partial charge in [-0.1, -0.05) is 17.7 Å². The Hall–Kier alpha value is -2.82. The van der Waals surface area contributed by atoms with E-state index in [1.807, 2.05) is 0 Å². The molecule has 0 spiro atoms. The Labute approximate surface area is 179 Å². The summed E-state index contributed by atoms with van der Waals surface area (Å²) in [5.41, 5.74) is 0.0563. The molecule has 1 aliphatic carbocycles. The molecule has 3 aromatic heterocycles. The Morgan fingerprint density at radius 2 is 1.81 bits per heavy atom. The largest absolute Gasteiger partial charge is 0.368 e. The number of alkyl halides is 4.